The Morgan fingerprint density at radius 2 is 1.74 bits per heavy atom. The number of carbonyl (C=O) groups excluding carboxylic acids is 1. The molecule has 0 radical (unpaired) electrons. The molecule has 0 fully saturated rings. The second kappa shape index (κ2) is 11.1. The van der Waals surface area contributed by atoms with Crippen LogP contribution in [0.4, 0.5) is 24.5 Å². The number of sulfonamides is 2. The van der Waals surface area contributed by atoms with E-state index in [2.05, 4.69) is 9.71 Å². The molecule has 3 aromatic rings. The first-order valence-corrected chi connectivity index (χ1v) is 14.3. The van der Waals surface area contributed by atoms with Crippen molar-refractivity contribution >= 4 is 60.4 Å². The van der Waals surface area contributed by atoms with Gasteiger partial charge in [0.25, 0.3) is 10.0 Å². The molecule has 0 spiro atoms. The van der Waals surface area contributed by atoms with E-state index < -0.39 is 65.6 Å². The van der Waals surface area contributed by atoms with Gasteiger partial charge >= 0.3 is 6.18 Å². The van der Waals surface area contributed by atoms with Crippen molar-refractivity contribution in [1.29, 1.82) is 0 Å². The summed E-state index contributed by atoms with van der Waals surface area (Å²) in [6.45, 7) is -0.752. The lowest BCUT2D eigenvalue weighted by atomic mass is 10.0. The van der Waals surface area contributed by atoms with Gasteiger partial charge in [0.05, 0.1) is 38.1 Å². The van der Waals surface area contributed by atoms with Gasteiger partial charge in [-0.15, -0.1) is 0 Å². The summed E-state index contributed by atoms with van der Waals surface area (Å²) in [5, 5.41) is -0.826. The summed E-state index contributed by atoms with van der Waals surface area (Å²) in [5.74, 6) is -0.910. The molecular formula is C22H18Cl2F3N3O6S2. The monoisotopic (exact) mass is 611 g/mol. The maximum absolute atomic E-state index is 13.6. The lowest BCUT2D eigenvalue weighted by molar-refractivity contribution is -0.137. The molecule has 0 unspecified atom stereocenters. The van der Waals surface area contributed by atoms with Crippen LogP contribution in [0.3, 0.4) is 0 Å². The zero-order valence-electron chi connectivity index (χ0n) is 19.5. The Hall–Kier alpha value is -2.91. The van der Waals surface area contributed by atoms with Crippen molar-refractivity contribution in [1.82, 2.24) is 4.98 Å². The molecule has 9 nitrogen and oxygen atoms in total. The average Bonchev–Trinajstić information content (AvgIpc) is 2.80. The third kappa shape index (κ3) is 6.56. The fraction of sp³-hybridized carbons (Fsp3) is 0.182. The molecule has 2 aromatic carbocycles. The summed E-state index contributed by atoms with van der Waals surface area (Å²) < 4.78 is 98.6. The number of hydrogen-bond acceptors (Lipinski definition) is 7. The maximum Gasteiger partial charge on any atom is 0.417 e. The van der Waals surface area contributed by atoms with Crippen LogP contribution in [0.2, 0.25) is 10.0 Å². The first kappa shape index (κ1) is 29.6. The van der Waals surface area contributed by atoms with Crippen molar-refractivity contribution in [2.75, 3.05) is 29.1 Å². The van der Waals surface area contributed by atoms with Gasteiger partial charge in [0.2, 0.25) is 15.8 Å². The normalized spacial score (nSPS) is 12.3. The van der Waals surface area contributed by atoms with Crippen molar-refractivity contribution in [3.8, 4) is 0 Å². The molecule has 3 rings (SSSR count). The number of methoxy groups -OCH3 is 1. The number of ether oxygens (including phenoxy) is 1. The topological polar surface area (TPSA) is 123 Å². The number of halogens is 5. The SMILES string of the molecule is COCN(c1cc(Cl)cnc1C(=O)c1ccccc1NS(C)(=O)=O)S(=O)(=O)c1ccc(Cl)c(C(F)(F)F)c1. The molecule has 0 aliphatic rings. The number of anilines is 2. The number of nitrogens with one attached hydrogen (secondary N) is 1. The number of ketones is 1. The molecule has 0 aliphatic heterocycles. The summed E-state index contributed by atoms with van der Waals surface area (Å²) in [6.07, 6.45) is -3.04. The minimum atomic E-state index is -4.95. The molecule has 0 saturated carbocycles. The summed E-state index contributed by atoms with van der Waals surface area (Å²) >= 11 is 11.7. The van der Waals surface area contributed by atoms with Crippen LogP contribution in [-0.4, -0.2) is 47.7 Å². The number of pyridine rings is 1. The molecule has 1 aromatic heterocycles. The lowest BCUT2D eigenvalue weighted by Crippen LogP contribution is -2.34. The molecule has 0 bridgehead atoms. The van der Waals surface area contributed by atoms with Gasteiger partial charge in [0, 0.05) is 18.9 Å². The number of nitrogens with zero attached hydrogens (tertiary/aromatic N) is 2. The summed E-state index contributed by atoms with van der Waals surface area (Å²) in [7, 11) is -7.51. The predicted octanol–water partition coefficient (Wildman–Crippen LogP) is 4.81. The van der Waals surface area contributed by atoms with Crippen molar-refractivity contribution in [3.63, 3.8) is 0 Å². The Morgan fingerprint density at radius 3 is 2.34 bits per heavy atom. The third-order valence-electron chi connectivity index (χ3n) is 4.86. The average molecular weight is 612 g/mol. The highest BCUT2D eigenvalue weighted by atomic mass is 35.5. The Morgan fingerprint density at radius 1 is 1.08 bits per heavy atom. The first-order chi connectivity index (χ1) is 17.6. The molecule has 204 valence electrons. The minimum Gasteiger partial charge on any atom is -0.363 e. The van der Waals surface area contributed by atoms with Crippen LogP contribution < -0.4 is 9.03 Å². The molecule has 0 aliphatic carbocycles. The van der Waals surface area contributed by atoms with E-state index in [-0.39, 0.29) is 16.3 Å². The summed E-state index contributed by atoms with van der Waals surface area (Å²) in [5.41, 5.74) is -2.62. The van der Waals surface area contributed by atoms with E-state index >= 15 is 0 Å². The Bertz CT molecular complexity index is 1600. The Balaban J connectivity index is 2.22. The van der Waals surface area contributed by atoms with E-state index in [9.17, 15) is 34.8 Å². The second-order valence-corrected chi connectivity index (χ2v) is 12.1. The van der Waals surface area contributed by atoms with Gasteiger partial charge in [-0.1, -0.05) is 35.3 Å². The number of carbonyl (C=O) groups is 1. The third-order valence-corrected chi connectivity index (χ3v) is 7.72. The highest BCUT2D eigenvalue weighted by molar-refractivity contribution is 7.93. The van der Waals surface area contributed by atoms with Crippen LogP contribution in [0, 0.1) is 0 Å². The van der Waals surface area contributed by atoms with Crippen LogP contribution in [0.5, 0.6) is 0 Å². The molecule has 16 heteroatoms. The summed E-state index contributed by atoms with van der Waals surface area (Å²) in [4.78, 5) is 16.7. The van der Waals surface area contributed by atoms with Gasteiger partial charge in [0.1, 0.15) is 12.4 Å². The standard InChI is InChI=1S/C22H18Cl2F3N3O6S2/c1-36-12-30(38(34,35)14-7-8-17(24)16(10-14)22(25,26)27)19-9-13(23)11-28-20(19)21(31)15-5-3-4-6-18(15)29-37(2,32)33/h3-11,29H,12H2,1-2H3. The van der Waals surface area contributed by atoms with Crippen LogP contribution in [0.25, 0.3) is 0 Å². The fourth-order valence-corrected chi connectivity index (χ4v) is 5.64. The number of aromatic nitrogens is 1. The van der Waals surface area contributed by atoms with Crippen molar-refractivity contribution in [2.45, 2.75) is 11.1 Å². The summed E-state index contributed by atoms with van der Waals surface area (Å²) in [6, 6.07) is 8.53. The quantitative estimate of drug-likeness (QED) is 0.272. The molecule has 0 saturated heterocycles. The van der Waals surface area contributed by atoms with Crippen molar-refractivity contribution in [2.24, 2.45) is 0 Å². The van der Waals surface area contributed by atoms with Crippen LogP contribution >= 0.6 is 23.2 Å². The van der Waals surface area contributed by atoms with E-state index in [4.69, 9.17) is 27.9 Å². The van der Waals surface area contributed by atoms with Crippen LogP contribution in [0.1, 0.15) is 21.6 Å². The lowest BCUT2D eigenvalue weighted by Gasteiger charge is -2.26. The highest BCUT2D eigenvalue weighted by Gasteiger charge is 2.37. The number of rotatable bonds is 9. The van der Waals surface area contributed by atoms with E-state index in [1.165, 1.54) is 24.3 Å². The fourth-order valence-electron chi connectivity index (χ4n) is 3.29. The van der Waals surface area contributed by atoms with Crippen molar-refractivity contribution < 1.29 is 39.5 Å². The molecule has 1 heterocycles. The predicted molar refractivity (Wildman–Crippen MR) is 136 cm³/mol. The molecular weight excluding hydrogens is 594 g/mol. The van der Waals surface area contributed by atoms with E-state index in [1.807, 2.05) is 0 Å². The zero-order chi connectivity index (χ0) is 28.5. The van der Waals surface area contributed by atoms with Gasteiger partial charge < -0.3 is 4.74 Å². The number of alkyl halides is 3. The zero-order valence-corrected chi connectivity index (χ0v) is 22.6. The first-order valence-electron chi connectivity index (χ1n) is 10.2. The van der Waals surface area contributed by atoms with Crippen LogP contribution in [0.15, 0.2) is 59.6 Å². The van der Waals surface area contributed by atoms with Crippen molar-refractivity contribution in [3.05, 3.63) is 81.6 Å². The van der Waals surface area contributed by atoms with Gasteiger partial charge in [-0.05, 0) is 36.4 Å². The van der Waals surface area contributed by atoms with E-state index in [1.54, 1.807) is 0 Å². The highest BCUT2D eigenvalue weighted by Crippen LogP contribution is 2.38. The molecule has 1 N–H and O–H groups in total. The maximum atomic E-state index is 13.6. The van der Waals surface area contributed by atoms with Gasteiger partial charge in [-0.3, -0.25) is 9.52 Å². The Kier molecular flexibility index (Phi) is 8.63. The molecule has 38 heavy (non-hydrogen) atoms. The number of benzene rings is 2. The van der Waals surface area contributed by atoms with Gasteiger partial charge in [-0.2, -0.15) is 13.2 Å². The smallest absolute Gasteiger partial charge is 0.363 e. The van der Waals surface area contributed by atoms with E-state index in [0.717, 1.165) is 37.8 Å². The molecule has 0 amide bonds. The number of hydrogen-bond donors (Lipinski definition) is 1. The van der Waals surface area contributed by atoms with Gasteiger partial charge in [0.15, 0.2) is 0 Å². The Labute approximate surface area is 226 Å². The van der Waals surface area contributed by atoms with Gasteiger partial charge in [-0.25, -0.2) is 26.1 Å². The van der Waals surface area contributed by atoms with E-state index in [0.29, 0.717) is 10.4 Å². The largest absolute Gasteiger partial charge is 0.417 e. The van der Waals surface area contributed by atoms with Crippen LogP contribution in [-0.2, 0) is 31.0 Å². The number of para-hydroxylation sites is 1. The second-order valence-electron chi connectivity index (χ2n) is 7.68. The molecule has 0 atom stereocenters. The minimum absolute atomic E-state index is 0.109.